The Kier molecular flexibility index (Phi) is 13.4. The lowest BCUT2D eigenvalue weighted by atomic mass is 9.72. The summed E-state index contributed by atoms with van der Waals surface area (Å²) in [7, 11) is 0. The summed E-state index contributed by atoms with van der Waals surface area (Å²) in [6, 6.07) is 48.6. The highest BCUT2D eigenvalue weighted by Crippen LogP contribution is 2.38. The Hall–Kier alpha value is -5.01. The van der Waals surface area contributed by atoms with Crippen molar-refractivity contribution in [3.63, 3.8) is 0 Å². The van der Waals surface area contributed by atoms with Gasteiger partial charge in [0.05, 0.1) is 31.2 Å². The van der Waals surface area contributed by atoms with Gasteiger partial charge in [-0.15, -0.1) is 0 Å². The molecule has 1 unspecified atom stereocenters. The number of hydrogen-bond donors (Lipinski definition) is 0. The predicted molar refractivity (Wildman–Crippen MR) is 202 cm³/mol. The number of benzene rings is 5. The molecule has 5 atom stereocenters. The fraction of sp³-hybridized carbons (Fsp3) is 0.283. The summed E-state index contributed by atoms with van der Waals surface area (Å²) in [5.74, 6) is -2.20. The van der Waals surface area contributed by atoms with Gasteiger partial charge in [-0.25, -0.2) is 0 Å². The van der Waals surface area contributed by atoms with E-state index in [1.807, 2.05) is 152 Å². The first-order valence-corrected chi connectivity index (χ1v) is 18.2. The van der Waals surface area contributed by atoms with Gasteiger partial charge in [-0.3, -0.25) is 14.4 Å². The summed E-state index contributed by atoms with van der Waals surface area (Å²) in [5, 5.41) is 0. The van der Waals surface area contributed by atoms with Crippen LogP contribution in [0.5, 0.6) is 0 Å². The normalized spacial score (nSPS) is 19.9. The second kappa shape index (κ2) is 19.0. The lowest BCUT2D eigenvalue weighted by Gasteiger charge is -2.45. The molecule has 0 aromatic heterocycles. The second-order valence-electron chi connectivity index (χ2n) is 13.4. The van der Waals surface area contributed by atoms with E-state index < -0.39 is 30.3 Å². The van der Waals surface area contributed by atoms with Gasteiger partial charge in [0.25, 0.3) is 0 Å². The second-order valence-corrected chi connectivity index (χ2v) is 13.4. The van der Waals surface area contributed by atoms with E-state index in [2.05, 4.69) is 0 Å². The van der Waals surface area contributed by atoms with Crippen molar-refractivity contribution >= 4 is 17.3 Å². The first-order valence-electron chi connectivity index (χ1n) is 18.2. The molecule has 0 spiro atoms. The quantitative estimate of drug-likeness (QED) is 0.0938. The molecule has 52 heavy (non-hydrogen) atoms. The van der Waals surface area contributed by atoms with Gasteiger partial charge in [0.2, 0.25) is 0 Å². The molecule has 1 aliphatic rings. The van der Waals surface area contributed by atoms with Crippen LogP contribution >= 0.6 is 0 Å². The number of carbonyl (C=O) groups excluding carboxylic acids is 3. The number of Topliss-reactive ketones (excluding diaryl/α,β-unsaturated/α-hetero) is 3. The molecule has 0 aliphatic carbocycles. The highest BCUT2D eigenvalue weighted by molar-refractivity contribution is 5.93. The maximum atomic E-state index is 14.7. The van der Waals surface area contributed by atoms with Crippen LogP contribution in [0, 0.1) is 11.8 Å². The molecule has 0 saturated carbocycles. The van der Waals surface area contributed by atoms with Crippen molar-refractivity contribution < 1.29 is 28.6 Å². The molecule has 0 amide bonds. The van der Waals surface area contributed by atoms with Crippen molar-refractivity contribution in [1.29, 1.82) is 0 Å². The Morgan fingerprint density at radius 1 is 0.462 bits per heavy atom. The van der Waals surface area contributed by atoms with Crippen molar-refractivity contribution in [2.45, 2.75) is 57.0 Å². The molecule has 0 N–H and O–H groups in total. The molecule has 6 rings (SSSR count). The fourth-order valence-corrected chi connectivity index (χ4v) is 7.07. The third kappa shape index (κ3) is 10.5. The molecule has 1 fully saturated rings. The molecule has 0 bridgehead atoms. The summed E-state index contributed by atoms with van der Waals surface area (Å²) in [6.45, 7) is 0.600. The molecular weight excluding hydrogens is 649 g/mol. The largest absolute Gasteiger partial charge is 0.372 e. The van der Waals surface area contributed by atoms with Crippen LogP contribution in [0.2, 0.25) is 0 Å². The van der Waals surface area contributed by atoms with Gasteiger partial charge >= 0.3 is 0 Å². The fourth-order valence-electron chi connectivity index (χ4n) is 7.07. The Labute approximate surface area is 306 Å². The SMILES string of the molecule is O=C(Cc1ccccc1)C[C@H]1OC(OCCc2ccccc2)[C@H](OCCc2ccccc2)[C@@H](C(=O)Cc2ccccc2)[C@@H]1C(=O)Cc1ccccc1. The van der Waals surface area contributed by atoms with Gasteiger partial charge < -0.3 is 14.2 Å². The Balaban J connectivity index is 1.35. The summed E-state index contributed by atoms with van der Waals surface area (Å²) < 4.78 is 19.8. The minimum Gasteiger partial charge on any atom is -0.372 e. The number of ketones is 3. The van der Waals surface area contributed by atoms with Crippen LogP contribution in [0.25, 0.3) is 0 Å². The zero-order chi connectivity index (χ0) is 36.0. The zero-order valence-corrected chi connectivity index (χ0v) is 29.4. The van der Waals surface area contributed by atoms with E-state index in [9.17, 15) is 14.4 Å². The first kappa shape index (κ1) is 36.8. The van der Waals surface area contributed by atoms with Crippen LogP contribution in [0.1, 0.15) is 34.2 Å². The molecule has 266 valence electrons. The predicted octanol–water partition coefficient (Wildman–Crippen LogP) is 7.66. The molecule has 0 radical (unpaired) electrons. The van der Waals surface area contributed by atoms with E-state index in [0.29, 0.717) is 26.1 Å². The van der Waals surface area contributed by atoms with E-state index >= 15 is 0 Å². The monoisotopic (exact) mass is 694 g/mol. The number of rotatable bonds is 18. The van der Waals surface area contributed by atoms with E-state index in [-0.39, 0.29) is 43.0 Å². The van der Waals surface area contributed by atoms with Crippen molar-refractivity contribution in [2.24, 2.45) is 11.8 Å². The topological polar surface area (TPSA) is 78.9 Å². The van der Waals surface area contributed by atoms with Crippen molar-refractivity contribution in [3.8, 4) is 0 Å². The van der Waals surface area contributed by atoms with Gasteiger partial charge in [-0.2, -0.15) is 0 Å². The third-order valence-electron chi connectivity index (χ3n) is 9.64. The lowest BCUT2D eigenvalue weighted by Crippen LogP contribution is -2.59. The third-order valence-corrected chi connectivity index (χ3v) is 9.64. The molecule has 6 heteroatoms. The van der Waals surface area contributed by atoms with E-state index in [1.165, 1.54) is 0 Å². The standard InChI is InChI=1S/C46H46O6/c47-39(30-36-20-10-3-11-21-36)33-42-43(40(48)31-37-22-12-4-13-23-37)44(41(49)32-38-24-14-5-15-25-38)45(50-28-26-34-16-6-1-7-17-34)46(52-42)51-29-27-35-18-8-2-9-19-35/h1-25,42-46H,26-33H2/t42-,43-,44+,45-,46?/m1/s1. The molecule has 1 aliphatic heterocycles. The maximum Gasteiger partial charge on any atom is 0.184 e. The Morgan fingerprint density at radius 2 is 0.846 bits per heavy atom. The van der Waals surface area contributed by atoms with E-state index in [4.69, 9.17) is 14.2 Å². The highest BCUT2D eigenvalue weighted by Gasteiger charge is 2.53. The zero-order valence-electron chi connectivity index (χ0n) is 29.4. The van der Waals surface area contributed by atoms with Crippen molar-refractivity contribution in [1.82, 2.24) is 0 Å². The molecule has 5 aromatic carbocycles. The van der Waals surface area contributed by atoms with Crippen LogP contribution in [-0.4, -0.2) is 49.1 Å². The summed E-state index contributed by atoms with van der Waals surface area (Å²) >= 11 is 0. The van der Waals surface area contributed by atoms with Crippen LogP contribution < -0.4 is 0 Å². The number of carbonyl (C=O) groups is 3. The summed E-state index contributed by atoms with van der Waals surface area (Å²) in [6.07, 6.45) is -1.13. The van der Waals surface area contributed by atoms with Gasteiger partial charge in [0, 0.05) is 25.7 Å². The Morgan fingerprint density at radius 3 is 1.31 bits per heavy atom. The molecule has 5 aromatic rings. The summed E-state index contributed by atoms with van der Waals surface area (Å²) in [4.78, 5) is 43.0. The maximum absolute atomic E-state index is 14.7. The minimum absolute atomic E-state index is 0.0372. The smallest absolute Gasteiger partial charge is 0.184 e. The average Bonchev–Trinajstić information content (AvgIpc) is 3.17. The van der Waals surface area contributed by atoms with Gasteiger partial charge in [-0.1, -0.05) is 152 Å². The van der Waals surface area contributed by atoms with Crippen LogP contribution in [0.3, 0.4) is 0 Å². The van der Waals surface area contributed by atoms with Crippen LogP contribution in [0.4, 0.5) is 0 Å². The minimum atomic E-state index is -0.973. The van der Waals surface area contributed by atoms with E-state index in [1.54, 1.807) is 0 Å². The molecule has 1 heterocycles. The Bertz CT molecular complexity index is 1830. The van der Waals surface area contributed by atoms with Gasteiger partial charge in [0.15, 0.2) is 6.29 Å². The molecular formula is C46H46O6. The lowest BCUT2D eigenvalue weighted by molar-refractivity contribution is -0.276. The molecule has 6 nitrogen and oxygen atoms in total. The summed E-state index contributed by atoms with van der Waals surface area (Å²) in [5.41, 5.74) is 4.74. The van der Waals surface area contributed by atoms with Crippen molar-refractivity contribution in [3.05, 3.63) is 179 Å². The number of ether oxygens (including phenoxy) is 3. The van der Waals surface area contributed by atoms with E-state index in [0.717, 1.165) is 27.8 Å². The molecule has 1 saturated heterocycles. The van der Waals surface area contributed by atoms with Crippen molar-refractivity contribution in [2.75, 3.05) is 13.2 Å². The van der Waals surface area contributed by atoms with Crippen LogP contribution in [-0.2, 0) is 60.7 Å². The first-order chi connectivity index (χ1) is 25.5. The highest BCUT2D eigenvalue weighted by atomic mass is 16.7. The van der Waals surface area contributed by atoms with Gasteiger partial charge in [-0.05, 0) is 40.7 Å². The number of hydrogen-bond acceptors (Lipinski definition) is 6. The van der Waals surface area contributed by atoms with Crippen LogP contribution in [0.15, 0.2) is 152 Å². The average molecular weight is 695 g/mol. The van der Waals surface area contributed by atoms with Gasteiger partial charge in [0.1, 0.15) is 23.5 Å².